The van der Waals surface area contributed by atoms with Crippen LogP contribution in [0.4, 0.5) is 18.9 Å². The van der Waals surface area contributed by atoms with Gasteiger partial charge in [0, 0.05) is 24.9 Å². The fourth-order valence-electron chi connectivity index (χ4n) is 5.75. The van der Waals surface area contributed by atoms with E-state index in [2.05, 4.69) is 17.1 Å². The van der Waals surface area contributed by atoms with Crippen LogP contribution in [0.15, 0.2) is 42.7 Å². The van der Waals surface area contributed by atoms with Gasteiger partial charge in [-0.1, -0.05) is 19.1 Å². The van der Waals surface area contributed by atoms with Crippen molar-refractivity contribution in [1.82, 2.24) is 14.8 Å². The number of alkyl halides is 3. The number of benzene rings is 2. The lowest BCUT2D eigenvalue weighted by Crippen LogP contribution is -2.43. The van der Waals surface area contributed by atoms with E-state index in [1.54, 1.807) is 12.4 Å². The van der Waals surface area contributed by atoms with E-state index in [1.165, 1.54) is 11.0 Å². The van der Waals surface area contributed by atoms with Gasteiger partial charge in [-0.2, -0.15) is 13.2 Å². The second-order valence-corrected chi connectivity index (χ2v) is 10.2. The smallest absolute Gasteiger partial charge is 0.377 e. The van der Waals surface area contributed by atoms with Gasteiger partial charge in [-0.05, 0) is 72.7 Å². The number of nitrogens with two attached hydrogens (primary N) is 1. The number of aryl methyl sites for hydroxylation is 1. The fraction of sp³-hybridized carbons (Fsp3) is 0.444. The first kappa shape index (κ1) is 25.4. The molecule has 1 fully saturated rings. The third kappa shape index (κ3) is 4.53. The molecule has 0 unspecified atom stereocenters. The summed E-state index contributed by atoms with van der Waals surface area (Å²) in [6, 6.07) is 10.1. The standard InChI is InChI=1S/C27H30F3N5O2/c1-17-12-26(13-17,25-33-32-16-34(25)2)19-5-3-6-20(11-19)35-14-22-21(24(35)36)9-18(15-37-8-4-7-31)10-23(22)27(28,29)30/h3,5-6,9-11,16-17H,4,7-8,12-15,31H2,1-2H3. The lowest BCUT2D eigenvalue weighted by molar-refractivity contribution is -0.138. The zero-order valence-corrected chi connectivity index (χ0v) is 20.9. The highest BCUT2D eigenvalue weighted by atomic mass is 19.4. The summed E-state index contributed by atoms with van der Waals surface area (Å²) in [7, 11) is 1.90. The van der Waals surface area contributed by atoms with Crippen molar-refractivity contribution >= 4 is 11.6 Å². The summed E-state index contributed by atoms with van der Waals surface area (Å²) in [5.74, 6) is 0.895. The first-order valence-corrected chi connectivity index (χ1v) is 12.4. The Morgan fingerprint density at radius 1 is 1.22 bits per heavy atom. The van der Waals surface area contributed by atoms with Gasteiger partial charge in [0.05, 0.1) is 24.1 Å². The van der Waals surface area contributed by atoms with Crippen molar-refractivity contribution in [3.05, 3.63) is 76.4 Å². The van der Waals surface area contributed by atoms with E-state index < -0.39 is 17.6 Å². The SMILES string of the molecule is CC1CC(c2cccc(N3Cc4c(cc(COCCCN)cc4C(F)(F)F)C3=O)c2)(c2nncn2C)C1. The molecule has 5 rings (SSSR count). The van der Waals surface area contributed by atoms with Crippen molar-refractivity contribution in [2.24, 2.45) is 18.7 Å². The highest BCUT2D eigenvalue weighted by Crippen LogP contribution is 2.52. The average molecular weight is 514 g/mol. The monoisotopic (exact) mass is 513 g/mol. The van der Waals surface area contributed by atoms with Gasteiger partial charge in [-0.15, -0.1) is 10.2 Å². The van der Waals surface area contributed by atoms with Gasteiger partial charge >= 0.3 is 6.18 Å². The zero-order valence-electron chi connectivity index (χ0n) is 20.9. The number of carbonyl (C=O) groups excluding carboxylic acids is 1. The van der Waals surface area contributed by atoms with Crippen molar-refractivity contribution in [2.45, 2.75) is 50.9 Å². The number of halogens is 3. The molecule has 7 nitrogen and oxygen atoms in total. The van der Waals surface area contributed by atoms with Crippen molar-refractivity contribution in [1.29, 1.82) is 0 Å². The van der Waals surface area contributed by atoms with E-state index >= 15 is 0 Å². The van der Waals surface area contributed by atoms with Crippen LogP contribution >= 0.6 is 0 Å². The molecule has 1 amide bonds. The molecule has 1 aliphatic heterocycles. The molecule has 196 valence electrons. The van der Waals surface area contributed by atoms with Crippen molar-refractivity contribution in [3.63, 3.8) is 0 Å². The maximum atomic E-state index is 14.0. The Morgan fingerprint density at radius 3 is 2.65 bits per heavy atom. The molecule has 2 aliphatic rings. The number of fused-ring (bicyclic) bond motifs is 1. The molecule has 2 N–H and O–H groups in total. The molecule has 0 spiro atoms. The van der Waals surface area contributed by atoms with Gasteiger partial charge in [0.25, 0.3) is 5.91 Å². The van der Waals surface area contributed by atoms with Gasteiger partial charge in [-0.3, -0.25) is 4.79 Å². The van der Waals surface area contributed by atoms with E-state index in [0.29, 0.717) is 36.7 Å². The molecule has 0 saturated heterocycles. The predicted molar refractivity (Wildman–Crippen MR) is 132 cm³/mol. The van der Waals surface area contributed by atoms with E-state index in [-0.39, 0.29) is 29.7 Å². The third-order valence-corrected chi connectivity index (χ3v) is 7.41. The second-order valence-electron chi connectivity index (χ2n) is 10.2. The maximum absolute atomic E-state index is 14.0. The Balaban J connectivity index is 1.49. The summed E-state index contributed by atoms with van der Waals surface area (Å²) in [5.41, 5.74) is 6.24. The largest absolute Gasteiger partial charge is 0.416 e. The molecule has 0 radical (unpaired) electrons. The molecule has 0 atom stereocenters. The summed E-state index contributed by atoms with van der Waals surface area (Å²) in [5, 5.41) is 8.43. The molecule has 1 aromatic heterocycles. The van der Waals surface area contributed by atoms with Crippen LogP contribution in [0.1, 0.15) is 64.6 Å². The van der Waals surface area contributed by atoms with Crippen LogP contribution in [0.25, 0.3) is 0 Å². The number of ether oxygens (including phenoxy) is 1. The van der Waals surface area contributed by atoms with E-state index in [9.17, 15) is 18.0 Å². The molecule has 1 saturated carbocycles. The molecule has 1 aliphatic carbocycles. The summed E-state index contributed by atoms with van der Waals surface area (Å²) < 4.78 is 49.5. The van der Waals surface area contributed by atoms with Crippen molar-refractivity contribution < 1.29 is 22.7 Å². The van der Waals surface area contributed by atoms with E-state index in [4.69, 9.17) is 10.5 Å². The van der Waals surface area contributed by atoms with Crippen molar-refractivity contribution in [2.75, 3.05) is 18.1 Å². The normalized spacial score (nSPS) is 21.3. The summed E-state index contributed by atoms with van der Waals surface area (Å²) in [4.78, 5) is 14.9. The minimum Gasteiger partial charge on any atom is -0.377 e. The van der Waals surface area contributed by atoms with Crippen LogP contribution in [-0.4, -0.2) is 33.8 Å². The molecular weight excluding hydrogens is 483 g/mol. The van der Waals surface area contributed by atoms with Gasteiger partial charge in [0.1, 0.15) is 12.2 Å². The molecule has 0 bridgehead atoms. The first-order valence-electron chi connectivity index (χ1n) is 12.4. The molecule has 10 heteroatoms. The van der Waals surface area contributed by atoms with Gasteiger partial charge in [0.2, 0.25) is 0 Å². The van der Waals surface area contributed by atoms with E-state index in [1.807, 2.05) is 29.8 Å². The molecule has 2 aromatic carbocycles. The number of carbonyl (C=O) groups is 1. The van der Waals surface area contributed by atoms with Gasteiger partial charge in [-0.25, -0.2) is 0 Å². The van der Waals surface area contributed by atoms with Gasteiger partial charge in [0.15, 0.2) is 0 Å². The molecule has 3 aromatic rings. The first-order chi connectivity index (χ1) is 17.6. The van der Waals surface area contributed by atoms with Crippen LogP contribution in [0.3, 0.4) is 0 Å². The lowest BCUT2D eigenvalue weighted by Gasteiger charge is -2.46. The number of amides is 1. The summed E-state index contributed by atoms with van der Waals surface area (Å²) in [6.07, 6.45) is -0.562. The van der Waals surface area contributed by atoms with Crippen LogP contribution < -0.4 is 10.6 Å². The molecule has 37 heavy (non-hydrogen) atoms. The minimum absolute atomic E-state index is 0.00566. The molecule has 2 heterocycles. The predicted octanol–water partition coefficient (Wildman–Crippen LogP) is 4.58. The third-order valence-electron chi connectivity index (χ3n) is 7.41. The summed E-state index contributed by atoms with van der Waals surface area (Å²) >= 11 is 0. The zero-order chi connectivity index (χ0) is 26.4. The quantitative estimate of drug-likeness (QED) is 0.446. The lowest BCUT2D eigenvalue weighted by atomic mass is 9.58. The number of hydrogen-bond donors (Lipinski definition) is 1. The Hall–Kier alpha value is -3.24. The van der Waals surface area contributed by atoms with Gasteiger partial charge < -0.3 is 19.9 Å². The minimum atomic E-state index is -4.59. The Labute approximate surface area is 213 Å². The number of rotatable bonds is 8. The fourth-order valence-corrected chi connectivity index (χ4v) is 5.75. The van der Waals surface area contributed by atoms with Crippen LogP contribution in [0.5, 0.6) is 0 Å². The number of anilines is 1. The highest BCUT2D eigenvalue weighted by molar-refractivity contribution is 6.10. The average Bonchev–Trinajstić information content (AvgIpc) is 3.42. The van der Waals surface area contributed by atoms with E-state index in [0.717, 1.165) is 30.3 Å². The topological polar surface area (TPSA) is 86.3 Å². The number of aromatic nitrogens is 3. The van der Waals surface area contributed by atoms with Crippen molar-refractivity contribution in [3.8, 4) is 0 Å². The second kappa shape index (κ2) is 9.57. The van der Waals surface area contributed by atoms with Crippen LogP contribution in [0, 0.1) is 5.92 Å². The number of nitrogens with zero attached hydrogens (tertiary/aromatic N) is 4. The Kier molecular flexibility index (Phi) is 6.57. The van der Waals surface area contributed by atoms with Crippen LogP contribution in [-0.2, 0) is 36.5 Å². The summed E-state index contributed by atoms with van der Waals surface area (Å²) in [6.45, 7) is 2.79. The Bertz CT molecular complexity index is 1310. The van der Waals surface area contributed by atoms with Crippen LogP contribution in [0.2, 0.25) is 0 Å². The molecular formula is C27H30F3N5O2. The Morgan fingerprint density at radius 2 is 2.00 bits per heavy atom. The number of hydrogen-bond acceptors (Lipinski definition) is 5. The highest BCUT2D eigenvalue weighted by Gasteiger charge is 2.48. The maximum Gasteiger partial charge on any atom is 0.416 e.